The maximum absolute atomic E-state index is 12.5. The van der Waals surface area contributed by atoms with E-state index in [1.165, 1.54) is 36.4 Å². The molecule has 2 heterocycles. The smallest absolute Gasteiger partial charge is 0.384 e. The topological polar surface area (TPSA) is 107 Å². The number of amides is 1. The number of anilines is 2. The molecule has 7 nitrogen and oxygen atoms in total. The Bertz CT molecular complexity index is 936. The fourth-order valence-electron chi connectivity index (χ4n) is 2.01. The molecular weight excluding hydrogens is 375 g/mol. The number of halogens is 4. The molecule has 0 unspecified atom stereocenters. The monoisotopic (exact) mass is 383 g/mol. The first-order valence-electron chi connectivity index (χ1n) is 6.98. The van der Waals surface area contributed by atoms with E-state index in [-0.39, 0.29) is 22.4 Å². The van der Waals surface area contributed by atoms with Crippen LogP contribution in [0.4, 0.5) is 24.7 Å². The van der Waals surface area contributed by atoms with Gasteiger partial charge in [-0.3, -0.25) is 4.79 Å². The summed E-state index contributed by atoms with van der Waals surface area (Å²) in [6, 6.07) is 8.53. The number of nitrogens with two attached hydrogens (primary N) is 1. The summed E-state index contributed by atoms with van der Waals surface area (Å²) in [5.41, 5.74) is 6.42. The number of nitrogens with one attached hydrogen (secondary N) is 1. The summed E-state index contributed by atoms with van der Waals surface area (Å²) in [5, 5.41) is 5.95. The average molecular weight is 384 g/mol. The Morgan fingerprint density at radius 2 is 1.85 bits per heavy atom. The van der Waals surface area contributed by atoms with Gasteiger partial charge in [0.05, 0.1) is 0 Å². The summed E-state index contributed by atoms with van der Waals surface area (Å²) in [6.45, 7) is 0. The van der Waals surface area contributed by atoms with Crippen LogP contribution in [0.25, 0.3) is 11.4 Å². The van der Waals surface area contributed by atoms with Crippen molar-refractivity contribution in [1.82, 2.24) is 15.1 Å². The standard InChI is InChI=1S/C15H9ClF3N5O2/c16-10-5-8(6-11(20)22-10)13(25)21-9-3-1-7(2-4-9)12-23-14(26-24-12)15(17,18)19/h1-6H,(H2,20,22)(H,21,25). The van der Waals surface area contributed by atoms with E-state index in [1.807, 2.05) is 0 Å². The van der Waals surface area contributed by atoms with E-state index in [4.69, 9.17) is 17.3 Å². The fourth-order valence-corrected chi connectivity index (χ4v) is 2.23. The van der Waals surface area contributed by atoms with Crippen LogP contribution in [0.15, 0.2) is 40.9 Å². The summed E-state index contributed by atoms with van der Waals surface area (Å²) >= 11 is 5.75. The van der Waals surface area contributed by atoms with Crippen molar-refractivity contribution in [2.75, 3.05) is 11.1 Å². The van der Waals surface area contributed by atoms with Crippen LogP contribution in [-0.2, 0) is 6.18 Å². The number of aromatic nitrogens is 3. The zero-order valence-electron chi connectivity index (χ0n) is 12.7. The van der Waals surface area contributed by atoms with E-state index < -0.39 is 18.0 Å². The fraction of sp³-hybridized carbons (Fsp3) is 0.0667. The molecule has 26 heavy (non-hydrogen) atoms. The molecule has 0 bridgehead atoms. The number of rotatable bonds is 3. The van der Waals surface area contributed by atoms with Gasteiger partial charge < -0.3 is 15.6 Å². The molecule has 0 atom stereocenters. The molecule has 0 spiro atoms. The minimum absolute atomic E-state index is 0.0723. The van der Waals surface area contributed by atoms with Gasteiger partial charge in [0.1, 0.15) is 11.0 Å². The van der Waals surface area contributed by atoms with Crippen LogP contribution in [0, 0.1) is 0 Å². The average Bonchev–Trinajstić information content (AvgIpc) is 3.05. The molecule has 0 aliphatic carbocycles. The third kappa shape index (κ3) is 3.91. The maximum Gasteiger partial charge on any atom is 0.471 e. The summed E-state index contributed by atoms with van der Waals surface area (Å²) in [7, 11) is 0. The number of hydrogen-bond donors (Lipinski definition) is 2. The quantitative estimate of drug-likeness (QED) is 0.669. The Kier molecular flexibility index (Phi) is 4.51. The van der Waals surface area contributed by atoms with Gasteiger partial charge in [-0.1, -0.05) is 16.8 Å². The van der Waals surface area contributed by atoms with Gasteiger partial charge in [-0.05, 0) is 36.4 Å². The SMILES string of the molecule is Nc1cc(C(=O)Nc2ccc(-c3noc(C(F)(F)F)n3)cc2)cc(Cl)n1. The molecule has 0 saturated carbocycles. The van der Waals surface area contributed by atoms with Crippen LogP contribution in [0.1, 0.15) is 16.2 Å². The molecule has 1 amide bonds. The molecule has 134 valence electrons. The van der Waals surface area contributed by atoms with Gasteiger partial charge in [0.25, 0.3) is 5.91 Å². The molecule has 0 radical (unpaired) electrons. The first kappa shape index (κ1) is 17.7. The number of carbonyl (C=O) groups is 1. The normalized spacial score (nSPS) is 11.4. The van der Waals surface area contributed by atoms with Crippen molar-refractivity contribution in [2.24, 2.45) is 0 Å². The Hall–Kier alpha value is -3.14. The highest BCUT2D eigenvalue weighted by molar-refractivity contribution is 6.30. The Labute approximate surface area is 149 Å². The van der Waals surface area contributed by atoms with Crippen molar-refractivity contribution in [3.63, 3.8) is 0 Å². The zero-order valence-corrected chi connectivity index (χ0v) is 13.5. The summed E-state index contributed by atoms with van der Waals surface area (Å²) in [5.74, 6) is -2.04. The number of alkyl halides is 3. The third-order valence-corrected chi connectivity index (χ3v) is 3.34. The first-order chi connectivity index (χ1) is 12.2. The van der Waals surface area contributed by atoms with Crippen LogP contribution in [0.3, 0.4) is 0 Å². The van der Waals surface area contributed by atoms with Gasteiger partial charge in [0.15, 0.2) is 0 Å². The van der Waals surface area contributed by atoms with Gasteiger partial charge in [-0.25, -0.2) is 4.98 Å². The number of pyridine rings is 1. The van der Waals surface area contributed by atoms with Gasteiger partial charge in [-0.2, -0.15) is 18.2 Å². The van der Waals surface area contributed by atoms with E-state index in [2.05, 4.69) is 25.0 Å². The second-order valence-corrected chi connectivity index (χ2v) is 5.44. The first-order valence-corrected chi connectivity index (χ1v) is 7.36. The van der Waals surface area contributed by atoms with Gasteiger partial charge in [0.2, 0.25) is 5.82 Å². The van der Waals surface area contributed by atoms with Crippen molar-refractivity contribution in [3.8, 4) is 11.4 Å². The third-order valence-electron chi connectivity index (χ3n) is 3.15. The summed E-state index contributed by atoms with van der Waals surface area (Å²) in [6.07, 6.45) is -4.72. The van der Waals surface area contributed by atoms with Crippen molar-refractivity contribution >= 4 is 29.0 Å². The van der Waals surface area contributed by atoms with Crippen LogP contribution < -0.4 is 11.1 Å². The Morgan fingerprint density at radius 1 is 1.15 bits per heavy atom. The number of nitrogens with zero attached hydrogens (tertiary/aromatic N) is 3. The van der Waals surface area contributed by atoms with Crippen LogP contribution in [0.2, 0.25) is 5.15 Å². The minimum Gasteiger partial charge on any atom is -0.384 e. The van der Waals surface area contributed by atoms with E-state index in [0.717, 1.165) is 0 Å². The number of nitrogen functional groups attached to an aromatic ring is 1. The second-order valence-electron chi connectivity index (χ2n) is 5.06. The van der Waals surface area contributed by atoms with Crippen LogP contribution in [0.5, 0.6) is 0 Å². The van der Waals surface area contributed by atoms with Crippen molar-refractivity contribution in [1.29, 1.82) is 0 Å². The predicted octanol–water partition coefficient (Wildman–Crippen LogP) is 3.64. The molecule has 3 aromatic rings. The summed E-state index contributed by atoms with van der Waals surface area (Å²) in [4.78, 5) is 19.2. The van der Waals surface area contributed by atoms with E-state index in [9.17, 15) is 18.0 Å². The Balaban J connectivity index is 1.75. The highest BCUT2D eigenvalue weighted by Gasteiger charge is 2.38. The lowest BCUT2D eigenvalue weighted by Crippen LogP contribution is -2.12. The summed E-state index contributed by atoms with van der Waals surface area (Å²) < 4.78 is 41.6. The van der Waals surface area contributed by atoms with E-state index >= 15 is 0 Å². The van der Waals surface area contributed by atoms with E-state index in [1.54, 1.807) is 0 Å². The highest BCUT2D eigenvalue weighted by Crippen LogP contribution is 2.29. The molecule has 3 N–H and O–H groups in total. The lowest BCUT2D eigenvalue weighted by atomic mass is 10.2. The van der Waals surface area contributed by atoms with Gasteiger partial charge in [0, 0.05) is 16.8 Å². The van der Waals surface area contributed by atoms with Gasteiger partial charge in [-0.15, -0.1) is 0 Å². The number of benzene rings is 1. The second kappa shape index (κ2) is 6.64. The Morgan fingerprint density at radius 3 is 2.42 bits per heavy atom. The molecule has 2 aromatic heterocycles. The molecule has 0 aliphatic rings. The highest BCUT2D eigenvalue weighted by atomic mass is 35.5. The van der Waals surface area contributed by atoms with Crippen LogP contribution >= 0.6 is 11.6 Å². The minimum atomic E-state index is -4.72. The molecule has 0 fully saturated rings. The molecule has 0 aliphatic heterocycles. The van der Waals surface area contributed by atoms with Crippen molar-refractivity contribution in [2.45, 2.75) is 6.18 Å². The molecular formula is C15H9ClF3N5O2. The van der Waals surface area contributed by atoms with Gasteiger partial charge >= 0.3 is 12.1 Å². The maximum atomic E-state index is 12.5. The molecule has 3 rings (SSSR count). The van der Waals surface area contributed by atoms with Crippen LogP contribution in [-0.4, -0.2) is 21.0 Å². The number of carbonyl (C=O) groups excluding carboxylic acids is 1. The zero-order chi connectivity index (χ0) is 18.9. The molecule has 0 saturated heterocycles. The number of hydrogen-bond acceptors (Lipinski definition) is 6. The lowest BCUT2D eigenvalue weighted by molar-refractivity contribution is -0.159. The largest absolute Gasteiger partial charge is 0.471 e. The lowest BCUT2D eigenvalue weighted by Gasteiger charge is -2.06. The van der Waals surface area contributed by atoms with Crippen molar-refractivity contribution in [3.05, 3.63) is 53.0 Å². The van der Waals surface area contributed by atoms with Crippen molar-refractivity contribution < 1.29 is 22.5 Å². The predicted molar refractivity (Wildman–Crippen MR) is 86.3 cm³/mol. The molecule has 11 heteroatoms. The molecule has 1 aromatic carbocycles. The van der Waals surface area contributed by atoms with E-state index in [0.29, 0.717) is 11.3 Å².